The Morgan fingerprint density at radius 3 is 2.88 bits per heavy atom. The van der Waals surface area contributed by atoms with Gasteiger partial charge in [-0.3, -0.25) is 0 Å². The molecule has 3 rings (SSSR count). The van der Waals surface area contributed by atoms with Crippen molar-refractivity contribution >= 4 is 33.1 Å². The number of aromatic nitrogens is 2. The average Bonchev–Trinajstić information content (AvgIpc) is 2.90. The van der Waals surface area contributed by atoms with Crippen molar-refractivity contribution in [1.82, 2.24) is 9.97 Å². The molecule has 0 aliphatic heterocycles. The number of hydrogen-bond acceptors (Lipinski definition) is 6. The predicted molar refractivity (Wildman–Crippen MR) is 95.7 cm³/mol. The number of nitrogens with two attached hydrogens (primary N) is 1. The second kappa shape index (κ2) is 6.70. The van der Waals surface area contributed by atoms with Crippen LogP contribution >= 0.6 is 11.3 Å². The van der Waals surface area contributed by atoms with Gasteiger partial charge >= 0.3 is 0 Å². The van der Waals surface area contributed by atoms with E-state index >= 15 is 0 Å². The molecule has 0 radical (unpaired) electrons. The maximum atomic E-state index is 13.6. The predicted octanol–water partition coefficient (Wildman–Crippen LogP) is 3.92. The van der Waals surface area contributed by atoms with E-state index in [1.54, 1.807) is 17.4 Å². The molecule has 1 atom stereocenters. The Kier molecular flexibility index (Phi) is 4.64. The molecule has 1 aromatic carbocycles. The van der Waals surface area contributed by atoms with Crippen LogP contribution in [0.15, 0.2) is 23.6 Å². The second-order valence-electron chi connectivity index (χ2n) is 5.65. The molecule has 0 bridgehead atoms. The lowest BCUT2D eigenvalue weighted by Gasteiger charge is -2.17. The van der Waals surface area contributed by atoms with Crippen LogP contribution in [0.4, 0.5) is 15.9 Å². The van der Waals surface area contributed by atoms with Crippen LogP contribution in [-0.2, 0) is 0 Å². The Morgan fingerprint density at radius 1 is 1.33 bits per heavy atom. The molecule has 0 fully saturated rings. The molecular weight excluding hydrogens is 327 g/mol. The van der Waals surface area contributed by atoms with Crippen LogP contribution in [0.5, 0.6) is 5.75 Å². The van der Waals surface area contributed by atoms with Crippen molar-refractivity contribution in [2.24, 2.45) is 5.73 Å². The number of nitrogens with zero attached hydrogens (tertiary/aromatic N) is 2. The molecule has 0 saturated carbocycles. The molecule has 0 aliphatic carbocycles. The lowest BCUT2D eigenvalue weighted by Crippen LogP contribution is -2.23. The number of nitrogens with one attached hydrogen (secondary N) is 1. The van der Waals surface area contributed by atoms with E-state index in [4.69, 9.17) is 10.5 Å². The summed E-state index contributed by atoms with van der Waals surface area (Å²) in [6.45, 7) is 6.04. The van der Waals surface area contributed by atoms with Crippen LogP contribution in [0.1, 0.15) is 18.3 Å². The standard InChI is InChI=1S/C17H19FN4OS/c1-9-8-24-17-15(9)16(20-11(3)21-17)22-13-5-4-12(18)6-14(13)23-10(2)7-19/h4-6,8,10H,7,19H2,1-3H3,(H,20,21,22). The zero-order valence-electron chi connectivity index (χ0n) is 13.8. The highest BCUT2D eigenvalue weighted by molar-refractivity contribution is 7.17. The summed E-state index contributed by atoms with van der Waals surface area (Å²) in [5, 5.41) is 6.27. The molecule has 2 heterocycles. The molecule has 0 spiro atoms. The van der Waals surface area contributed by atoms with Gasteiger partial charge in [-0.2, -0.15) is 0 Å². The third-order valence-electron chi connectivity index (χ3n) is 3.59. The summed E-state index contributed by atoms with van der Waals surface area (Å²) in [5.41, 5.74) is 7.34. The van der Waals surface area contributed by atoms with Crippen molar-refractivity contribution < 1.29 is 9.13 Å². The van der Waals surface area contributed by atoms with Gasteiger partial charge in [0.2, 0.25) is 0 Å². The fourth-order valence-corrected chi connectivity index (χ4v) is 3.34. The number of benzene rings is 1. The number of anilines is 2. The summed E-state index contributed by atoms with van der Waals surface area (Å²) in [5.74, 6) is 1.40. The minimum atomic E-state index is -0.365. The van der Waals surface area contributed by atoms with Crippen LogP contribution in [-0.4, -0.2) is 22.6 Å². The molecule has 2 aromatic heterocycles. The number of aryl methyl sites for hydroxylation is 2. The van der Waals surface area contributed by atoms with Gasteiger partial charge in [-0.05, 0) is 43.8 Å². The van der Waals surface area contributed by atoms with Crippen LogP contribution in [0.25, 0.3) is 10.2 Å². The lowest BCUT2D eigenvalue weighted by molar-refractivity contribution is 0.230. The molecular formula is C17H19FN4OS. The average molecular weight is 346 g/mol. The van der Waals surface area contributed by atoms with Gasteiger partial charge in [-0.25, -0.2) is 14.4 Å². The number of rotatable bonds is 5. The van der Waals surface area contributed by atoms with Crippen molar-refractivity contribution in [3.05, 3.63) is 40.8 Å². The zero-order chi connectivity index (χ0) is 17.3. The minimum Gasteiger partial charge on any atom is -0.487 e. The fraction of sp³-hybridized carbons (Fsp3) is 0.294. The van der Waals surface area contributed by atoms with Gasteiger partial charge < -0.3 is 15.8 Å². The Morgan fingerprint density at radius 2 is 2.12 bits per heavy atom. The van der Waals surface area contributed by atoms with Crippen molar-refractivity contribution in [3.63, 3.8) is 0 Å². The topological polar surface area (TPSA) is 73.1 Å². The van der Waals surface area contributed by atoms with Crippen LogP contribution in [0.2, 0.25) is 0 Å². The highest BCUT2D eigenvalue weighted by atomic mass is 32.1. The van der Waals surface area contributed by atoms with Gasteiger partial charge in [-0.1, -0.05) is 0 Å². The first-order valence-electron chi connectivity index (χ1n) is 7.63. The van der Waals surface area contributed by atoms with E-state index in [0.29, 0.717) is 29.6 Å². The summed E-state index contributed by atoms with van der Waals surface area (Å²) in [6, 6.07) is 4.37. The van der Waals surface area contributed by atoms with Gasteiger partial charge in [0, 0.05) is 12.6 Å². The molecule has 0 aliphatic rings. The monoisotopic (exact) mass is 346 g/mol. The zero-order valence-corrected chi connectivity index (χ0v) is 14.6. The van der Waals surface area contributed by atoms with Crippen molar-refractivity contribution in [3.8, 4) is 5.75 Å². The van der Waals surface area contributed by atoms with Gasteiger partial charge in [0.15, 0.2) is 0 Å². The smallest absolute Gasteiger partial charge is 0.146 e. The molecule has 24 heavy (non-hydrogen) atoms. The third kappa shape index (κ3) is 3.32. The fourth-order valence-electron chi connectivity index (χ4n) is 2.37. The van der Waals surface area contributed by atoms with Gasteiger partial charge in [-0.15, -0.1) is 11.3 Å². The van der Waals surface area contributed by atoms with E-state index in [1.165, 1.54) is 12.1 Å². The molecule has 0 amide bonds. The van der Waals surface area contributed by atoms with Crippen LogP contribution in [0.3, 0.4) is 0 Å². The van der Waals surface area contributed by atoms with E-state index < -0.39 is 0 Å². The van der Waals surface area contributed by atoms with Gasteiger partial charge in [0.05, 0.1) is 11.1 Å². The van der Waals surface area contributed by atoms with Crippen molar-refractivity contribution in [2.45, 2.75) is 26.9 Å². The van der Waals surface area contributed by atoms with E-state index in [9.17, 15) is 4.39 Å². The molecule has 5 nitrogen and oxygen atoms in total. The molecule has 3 aromatic rings. The largest absolute Gasteiger partial charge is 0.487 e. The van der Waals surface area contributed by atoms with Crippen molar-refractivity contribution in [1.29, 1.82) is 0 Å². The molecule has 126 valence electrons. The quantitative estimate of drug-likeness (QED) is 0.732. The summed E-state index contributed by atoms with van der Waals surface area (Å²) in [7, 11) is 0. The molecule has 7 heteroatoms. The highest BCUT2D eigenvalue weighted by Gasteiger charge is 2.14. The molecule has 3 N–H and O–H groups in total. The van der Waals surface area contributed by atoms with Crippen molar-refractivity contribution in [2.75, 3.05) is 11.9 Å². The Labute approximate surface area is 143 Å². The number of ether oxygens (including phenoxy) is 1. The SMILES string of the molecule is Cc1nc(Nc2ccc(F)cc2OC(C)CN)c2c(C)csc2n1. The molecule has 0 saturated heterocycles. The summed E-state index contributed by atoms with van der Waals surface area (Å²) in [6.07, 6.45) is -0.220. The lowest BCUT2D eigenvalue weighted by atomic mass is 10.2. The second-order valence-corrected chi connectivity index (χ2v) is 6.51. The molecule has 1 unspecified atom stereocenters. The van der Waals surface area contributed by atoms with E-state index in [0.717, 1.165) is 15.8 Å². The number of halogens is 1. The van der Waals surface area contributed by atoms with Gasteiger partial charge in [0.25, 0.3) is 0 Å². The maximum absolute atomic E-state index is 13.6. The third-order valence-corrected chi connectivity index (χ3v) is 4.58. The summed E-state index contributed by atoms with van der Waals surface area (Å²) < 4.78 is 19.3. The summed E-state index contributed by atoms with van der Waals surface area (Å²) >= 11 is 1.57. The first kappa shape index (κ1) is 16.6. The van der Waals surface area contributed by atoms with Crippen LogP contribution in [0, 0.1) is 19.7 Å². The first-order valence-corrected chi connectivity index (χ1v) is 8.51. The first-order chi connectivity index (χ1) is 11.5. The van der Waals surface area contributed by atoms with E-state index in [1.807, 2.05) is 26.2 Å². The Bertz CT molecular complexity index is 880. The van der Waals surface area contributed by atoms with E-state index in [2.05, 4.69) is 15.3 Å². The van der Waals surface area contributed by atoms with Crippen LogP contribution < -0.4 is 15.8 Å². The van der Waals surface area contributed by atoms with E-state index in [-0.39, 0.29) is 11.9 Å². The van der Waals surface area contributed by atoms with Gasteiger partial charge in [0.1, 0.15) is 34.1 Å². The Hall–Kier alpha value is -2.25. The minimum absolute atomic E-state index is 0.220. The number of thiophene rings is 1. The number of fused-ring (bicyclic) bond motifs is 1. The summed E-state index contributed by atoms with van der Waals surface area (Å²) in [4.78, 5) is 9.88. The number of hydrogen-bond donors (Lipinski definition) is 2. The normalized spacial score (nSPS) is 12.4. The highest BCUT2D eigenvalue weighted by Crippen LogP contribution is 2.34. The Balaban J connectivity index is 2.04. The maximum Gasteiger partial charge on any atom is 0.146 e.